The Bertz CT molecular complexity index is 1990. The molecule has 9 nitrogen and oxygen atoms in total. The van der Waals surface area contributed by atoms with E-state index in [0.29, 0.717) is 50.0 Å². The average molecular weight is 674 g/mol. The first-order valence-electron chi connectivity index (χ1n) is 13.8. The Balaban J connectivity index is 0.000000181. The smallest absolute Gasteiger partial charge is 0.252 e. The van der Waals surface area contributed by atoms with Crippen molar-refractivity contribution in [3.8, 4) is 34.0 Å². The number of nitrogens with zero attached hydrogens (tertiary/aromatic N) is 3. The normalized spacial score (nSPS) is 10.4. The molecule has 0 radical (unpaired) electrons. The summed E-state index contributed by atoms with van der Waals surface area (Å²) < 4.78 is 10.2. The summed E-state index contributed by atoms with van der Waals surface area (Å²) in [7, 11) is 3.12. The minimum atomic E-state index is -0.235. The third-order valence-electron chi connectivity index (χ3n) is 6.40. The summed E-state index contributed by atoms with van der Waals surface area (Å²) in [5.41, 5.74) is 4.38. The largest absolute Gasteiger partial charge is 0.495 e. The minimum Gasteiger partial charge on any atom is -0.495 e. The number of rotatable bonds is 8. The average Bonchev–Trinajstić information content (AvgIpc) is 3.05. The molecule has 12 heteroatoms. The molecule has 0 aliphatic carbocycles. The summed E-state index contributed by atoms with van der Waals surface area (Å²) in [4.78, 5) is 27.6. The zero-order chi connectivity index (χ0) is 32.5. The number of benzene rings is 4. The molecule has 0 fully saturated rings. The van der Waals surface area contributed by atoms with Gasteiger partial charge in [-0.1, -0.05) is 95.5 Å². The molecule has 6 aromatic rings. The van der Waals surface area contributed by atoms with Gasteiger partial charge in [-0.2, -0.15) is 0 Å². The number of hydrogen-bond donors (Lipinski definition) is 3. The highest BCUT2D eigenvalue weighted by Gasteiger charge is 2.09. The van der Waals surface area contributed by atoms with E-state index in [2.05, 4.69) is 30.6 Å². The second-order valence-corrected chi connectivity index (χ2v) is 10.8. The Kier molecular flexibility index (Phi) is 10.7. The van der Waals surface area contributed by atoms with Crippen LogP contribution in [0.15, 0.2) is 114 Å². The second-order valence-electron chi connectivity index (χ2n) is 9.56. The summed E-state index contributed by atoms with van der Waals surface area (Å²) in [5, 5.41) is 7.48. The van der Waals surface area contributed by atoms with E-state index >= 15 is 0 Å². The van der Waals surface area contributed by atoms with Crippen LogP contribution in [0.2, 0.25) is 15.2 Å². The molecule has 6 rings (SSSR count). The highest BCUT2D eigenvalue weighted by Crippen LogP contribution is 2.30. The van der Waals surface area contributed by atoms with Gasteiger partial charge < -0.3 is 20.1 Å². The van der Waals surface area contributed by atoms with E-state index in [-0.39, 0.29) is 5.56 Å². The molecule has 0 atom stereocenters. The molecule has 2 heterocycles. The first kappa shape index (κ1) is 32.3. The number of anilines is 4. The minimum absolute atomic E-state index is 0.235. The third kappa shape index (κ3) is 8.54. The van der Waals surface area contributed by atoms with Crippen LogP contribution in [0.5, 0.6) is 11.5 Å². The van der Waals surface area contributed by atoms with Crippen LogP contribution in [0.3, 0.4) is 0 Å². The number of ether oxygens (including phenoxy) is 2. The van der Waals surface area contributed by atoms with E-state index in [1.807, 2.05) is 66.7 Å². The van der Waals surface area contributed by atoms with Gasteiger partial charge in [-0.05, 0) is 36.4 Å². The van der Waals surface area contributed by atoms with Crippen molar-refractivity contribution in [2.45, 2.75) is 0 Å². The molecule has 4 aromatic carbocycles. The summed E-state index contributed by atoms with van der Waals surface area (Å²) >= 11 is 18.3. The lowest BCUT2D eigenvalue weighted by molar-refractivity contribution is 0.415. The van der Waals surface area contributed by atoms with Crippen molar-refractivity contribution in [1.29, 1.82) is 0 Å². The Morgan fingerprint density at radius 2 is 1.13 bits per heavy atom. The fraction of sp³-hybridized carbons (Fsp3) is 0.0588. The Labute approximate surface area is 280 Å². The molecule has 0 aliphatic heterocycles. The second kappa shape index (κ2) is 15.3. The maximum atomic E-state index is 11.9. The van der Waals surface area contributed by atoms with E-state index in [1.54, 1.807) is 50.6 Å². The predicted molar refractivity (Wildman–Crippen MR) is 185 cm³/mol. The van der Waals surface area contributed by atoms with Gasteiger partial charge in [0.2, 0.25) is 11.9 Å². The van der Waals surface area contributed by atoms with Crippen LogP contribution in [-0.2, 0) is 0 Å². The number of hydrogen-bond acceptors (Lipinski definition) is 8. The summed E-state index contributed by atoms with van der Waals surface area (Å²) in [6, 6.07) is 33.0. The molecular formula is C34H27Cl3N6O3. The molecule has 232 valence electrons. The van der Waals surface area contributed by atoms with Crippen molar-refractivity contribution in [3.05, 3.63) is 135 Å². The van der Waals surface area contributed by atoms with Gasteiger partial charge >= 0.3 is 0 Å². The van der Waals surface area contributed by atoms with E-state index in [4.69, 9.17) is 44.3 Å². The topological polar surface area (TPSA) is 114 Å². The lowest BCUT2D eigenvalue weighted by atomic mass is 10.1. The predicted octanol–water partition coefficient (Wildman–Crippen LogP) is 9.05. The molecule has 0 unspecified atom stereocenters. The van der Waals surface area contributed by atoms with Gasteiger partial charge in [0.15, 0.2) is 0 Å². The van der Waals surface area contributed by atoms with Gasteiger partial charge in [-0.25, -0.2) is 15.0 Å². The maximum absolute atomic E-state index is 11.9. The first-order valence-corrected chi connectivity index (χ1v) is 14.9. The van der Waals surface area contributed by atoms with Gasteiger partial charge in [0, 0.05) is 34.6 Å². The van der Waals surface area contributed by atoms with E-state index < -0.39 is 0 Å². The zero-order valence-corrected chi connectivity index (χ0v) is 26.9. The van der Waals surface area contributed by atoms with Gasteiger partial charge in [0.1, 0.15) is 16.7 Å². The van der Waals surface area contributed by atoms with Crippen LogP contribution in [0.1, 0.15) is 0 Å². The molecule has 0 spiro atoms. The Morgan fingerprint density at radius 3 is 1.65 bits per heavy atom. The molecule has 0 saturated carbocycles. The van der Waals surface area contributed by atoms with Crippen molar-refractivity contribution < 1.29 is 9.47 Å². The molecule has 0 bridgehead atoms. The van der Waals surface area contributed by atoms with Gasteiger partial charge in [0.05, 0.1) is 35.7 Å². The fourth-order valence-electron chi connectivity index (χ4n) is 4.26. The van der Waals surface area contributed by atoms with Gasteiger partial charge in [-0.15, -0.1) is 0 Å². The summed E-state index contributed by atoms with van der Waals surface area (Å²) in [6.07, 6.45) is 0. The van der Waals surface area contributed by atoms with Crippen LogP contribution in [0, 0.1) is 0 Å². The van der Waals surface area contributed by atoms with Crippen LogP contribution < -0.4 is 25.7 Å². The molecule has 0 amide bonds. The monoisotopic (exact) mass is 672 g/mol. The van der Waals surface area contributed by atoms with E-state index in [9.17, 15) is 4.79 Å². The van der Waals surface area contributed by atoms with Gasteiger partial charge in [0.25, 0.3) is 5.56 Å². The highest BCUT2D eigenvalue weighted by molar-refractivity contribution is 6.32. The van der Waals surface area contributed by atoms with Crippen molar-refractivity contribution in [2.24, 2.45) is 0 Å². The summed E-state index contributed by atoms with van der Waals surface area (Å²) in [5.74, 6) is 1.93. The van der Waals surface area contributed by atoms with E-state index in [1.165, 1.54) is 6.07 Å². The molecule has 2 aromatic heterocycles. The standard InChI is InChI=1S/C17H13Cl2N3O.C17H14ClN3O2/c1-23-15-8-7-12(9-13(15)18)20-17-21-14(10-16(19)22-17)11-5-3-2-4-6-11;1-23-15-8-7-12(9-13(15)18)19-17-20-14(10-16(22)21-17)11-5-3-2-4-6-11/h2-10H,1H3,(H,20,21,22);2-10H,1H3,(H2,19,20,21,22). The number of H-pyrrole nitrogens is 1. The molecule has 3 N–H and O–H groups in total. The number of aromatic amines is 1. The number of nitrogens with one attached hydrogen (secondary N) is 3. The van der Waals surface area contributed by atoms with E-state index in [0.717, 1.165) is 22.5 Å². The lowest BCUT2D eigenvalue weighted by Crippen LogP contribution is -2.10. The van der Waals surface area contributed by atoms with Crippen molar-refractivity contribution in [1.82, 2.24) is 19.9 Å². The third-order valence-corrected chi connectivity index (χ3v) is 7.18. The Hall–Kier alpha value is -5.09. The van der Waals surface area contributed by atoms with Crippen molar-refractivity contribution >= 4 is 58.1 Å². The number of halogens is 3. The lowest BCUT2D eigenvalue weighted by Gasteiger charge is -2.09. The van der Waals surface area contributed by atoms with Crippen LogP contribution in [0.25, 0.3) is 22.5 Å². The van der Waals surface area contributed by atoms with Crippen LogP contribution in [0.4, 0.5) is 23.3 Å². The number of methoxy groups -OCH3 is 2. The van der Waals surface area contributed by atoms with Crippen molar-refractivity contribution in [3.63, 3.8) is 0 Å². The zero-order valence-electron chi connectivity index (χ0n) is 24.6. The molecule has 0 aliphatic rings. The Morgan fingerprint density at radius 1 is 0.609 bits per heavy atom. The maximum Gasteiger partial charge on any atom is 0.252 e. The van der Waals surface area contributed by atoms with Gasteiger partial charge in [-0.3, -0.25) is 9.78 Å². The highest BCUT2D eigenvalue weighted by atomic mass is 35.5. The molecule has 46 heavy (non-hydrogen) atoms. The summed E-state index contributed by atoms with van der Waals surface area (Å²) in [6.45, 7) is 0. The molecular weight excluding hydrogens is 647 g/mol. The van der Waals surface area contributed by atoms with Crippen molar-refractivity contribution in [2.75, 3.05) is 24.9 Å². The molecule has 0 saturated heterocycles. The quantitative estimate of drug-likeness (QED) is 0.137. The first-order chi connectivity index (χ1) is 22.3. The fourth-order valence-corrected chi connectivity index (χ4v) is 4.96. The SMILES string of the molecule is COc1ccc(Nc2nc(-c3ccccc3)cc(=O)[nH]2)cc1Cl.COc1ccc(Nc2nc(Cl)cc(-c3ccccc3)n2)cc1Cl. The van der Waals surface area contributed by atoms with Crippen LogP contribution >= 0.6 is 34.8 Å². The number of aromatic nitrogens is 4. The van der Waals surface area contributed by atoms with Crippen LogP contribution in [-0.4, -0.2) is 34.2 Å².